The average Bonchev–Trinajstić information content (AvgIpc) is 2.66. The van der Waals surface area contributed by atoms with E-state index < -0.39 is 47.3 Å². The Bertz CT molecular complexity index is 972. The highest BCUT2D eigenvalue weighted by Gasteiger charge is 2.26. The SMILES string of the molecule is O=C(COc1cccc2ccccc12)Nc1c(F)c(F)c(F)c(F)c1F. The molecule has 0 spiro atoms. The molecule has 26 heavy (non-hydrogen) atoms. The fraction of sp³-hybridized carbons (Fsp3) is 0.0556. The maximum Gasteiger partial charge on any atom is 0.262 e. The van der Waals surface area contributed by atoms with Crippen molar-refractivity contribution in [2.45, 2.75) is 0 Å². The Labute approximate surface area is 144 Å². The van der Waals surface area contributed by atoms with Crippen molar-refractivity contribution < 1.29 is 31.5 Å². The van der Waals surface area contributed by atoms with Crippen molar-refractivity contribution in [3.8, 4) is 5.75 Å². The van der Waals surface area contributed by atoms with Crippen LogP contribution in [0.5, 0.6) is 5.75 Å². The van der Waals surface area contributed by atoms with Crippen LogP contribution in [0.4, 0.5) is 27.6 Å². The summed E-state index contributed by atoms with van der Waals surface area (Å²) in [5, 5.41) is 3.18. The molecule has 0 aromatic heterocycles. The summed E-state index contributed by atoms with van der Waals surface area (Å²) >= 11 is 0. The maximum atomic E-state index is 13.6. The molecule has 0 fully saturated rings. The van der Waals surface area contributed by atoms with Crippen LogP contribution in [0.1, 0.15) is 0 Å². The number of hydrogen-bond donors (Lipinski definition) is 1. The lowest BCUT2D eigenvalue weighted by Crippen LogP contribution is -2.22. The van der Waals surface area contributed by atoms with E-state index in [0.29, 0.717) is 11.1 Å². The van der Waals surface area contributed by atoms with Crippen LogP contribution in [0.15, 0.2) is 42.5 Å². The molecule has 0 heterocycles. The number of amides is 1. The van der Waals surface area contributed by atoms with Gasteiger partial charge in [-0.05, 0) is 11.5 Å². The summed E-state index contributed by atoms with van der Waals surface area (Å²) in [6, 6.07) is 12.2. The van der Waals surface area contributed by atoms with Gasteiger partial charge in [0.1, 0.15) is 11.4 Å². The third-order valence-corrected chi connectivity index (χ3v) is 3.58. The predicted octanol–water partition coefficient (Wildman–Crippen LogP) is 4.55. The molecule has 134 valence electrons. The lowest BCUT2D eigenvalue weighted by molar-refractivity contribution is -0.118. The zero-order chi connectivity index (χ0) is 18.8. The second kappa shape index (κ2) is 6.99. The first-order valence-electron chi connectivity index (χ1n) is 7.32. The third kappa shape index (κ3) is 3.17. The largest absolute Gasteiger partial charge is 0.483 e. The second-order valence-electron chi connectivity index (χ2n) is 5.26. The molecular weight excluding hydrogens is 357 g/mol. The van der Waals surface area contributed by atoms with Crippen LogP contribution < -0.4 is 10.1 Å². The highest BCUT2D eigenvalue weighted by molar-refractivity contribution is 5.93. The molecule has 0 aliphatic carbocycles. The molecule has 0 aliphatic rings. The van der Waals surface area contributed by atoms with E-state index in [0.717, 1.165) is 5.39 Å². The monoisotopic (exact) mass is 367 g/mol. The number of hydrogen-bond acceptors (Lipinski definition) is 2. The fourth-order valence-electron chi connectivity index (χ4n) is 2.36. The van der Waals surface area contributed by atoms with Crippen LogP contribution in [0.25, 0.3) is 10.8 Å². The van der Waals surface area contributed by atoms with Gasteiger partial charge in [-0.2, -0.15) is 0 Å². The quantitative estimate of drug-likeness (QED) is 0.417. The Morgan fingerprint density at radius 2 is 1.38 bits per heavy atom. The first-order valence-corrected chi connectivity index (χ1v) is 7.32. The number of carbonyl (C=O) groups is 1. The van der Waals surface area contributed by atoms with Crippen LogP contribution in [0.3, 0.4) is 0 Å². The Balaban J connectivity index is 1.78. The molecule has 0 bridgehead atoms. The van der Waals surface area contributed by atoms with Crippen LogP contribution >= 0.6 is 0 Å². The van der Waals surface area contributed by atoms with Gasteiger partial charge >= 0.3 is 0 Å². The Morgan fingerprint density at radius 1 is 0.808 bits per heavy atom. The summed E-state index contributed by atoms with van der Waals surface area (Å²) in [6.45, 7) is -0.687. The standard InChI is InChI=1S/C18H10F5NO2/c19-13-14(20)16(22)18(17(23)15(13)21)24-12(25)8-26-11-7-3-5-9-4-1-2-6-10(9)11/h1-7H,8H2,(H,24,25). The molecule has 3 aromatic rings. The lowest BCUT2D eigenvalue weighted by Gasteiger charge is -2.11. The number of benzene rings is 3. The summed E-state index contributed by atoms with van der Waals surface area (Å²) in [4.78, 5) is 11.8. The minimum Gasteiger partial charge on any atom is -0.483 e. The van der Waals surface area contributed by atoms with Crippen molar-refractivity contribution in [2.24, 2.45) is 0 Å². The molecule has 0 aliphatic heterocycles. The molecule has 0 saturated heterocycles. The predicted molar refractivity (Wildman–Crippen MR) is 84.3 cm³/mol. The zero-order valence-electron chi connectivity index (χ0n) is 13.0. The van der Waals surface area contributed by atoms with E-state index in [1.54, 1.807) is 29.6 Å². The van der Waals surface area contributed by atoms with Gasteiger partial charge in [-0.25, -0.2) is 22.0 Å². The van der Waals surface area contributed by atoms with Gasteiger partial charge in [0, 0.05) is 5.39 Å². The van der Waals surface area contributed by atoms with E-state index in [2.05, 4.69) is 0 Å². The van der Waals surface area contributed by atoms with Crippen LogP contribution in [-0.2, 0) is 4.79 Å². The van der Waals surface area contributed by atoms with E-state index in [-0.39, 0.29) is 0 Å². The van der Waals surface area contributed by atoms with E-state index in [1.807, 2.05) is 18.2 Å². The molecule has 1 amide bonds. The minimum absolute atomic E-state index is 0.329. The van der Waals surface area contributed by atoms with Crippen molar-refractivity contribution in [2.75, 3.05) is 11.9 Å². The molecule has 0 atom stereocenters. The Hall–Kier alpha value is -3.16. The molecule has 3 nitrogen and oxygen atoms in total. The van der Waals surface area contributed by atoms with Crippen molar-refractivity contribution in [3.63, 3.8) is 0 Å². The van der Waals surface area contributed by atoms with Gasteiger partial charge in [0.2, 0.25) is 5.82 Å². The normalized spacial score (nSPS) is 10.8. The van der Waals surface area contributed by atoms with Crippen molar-refractivity contribution >= 4 is 22.4 Å². The molecule has 8 heteroatoms. The number of rotatable bonds is 4. The molecule has 0 unspecified atom stereocenters. The smallest absolute Gasteiger partial charge is 0.262 e. The molecule has 0 saturated carbocycles. The number of anilines is 1. The van der Waals surface area contributed by atoms with Crippen molar-refractivity contribution in [1.29, 1.82) is 0 Å². The molecule has 0 radical (unpaired) electrons. The first kappa shape index (κ1) is 17.7. The Morgan fingerprint density at radius 3 is 2.08 bits per heavy atom. The van der Waals surface area contributed by atoms with Crippen molar-refractivity contribution in [3.05, 3.63) is 71.6 Å². The highest BCUT2D eigenvalue weighted by atomic mass is 19.2. The average molecular weight is 367 g/mol. The van der Waals surface area contributed by atoms with Gasteiger partial charge < -0.3 is 10.1 Å². The van der Waals surface area contributed by atoms with Gasteiger partial charge in [-0.3, -0.25) is 4.79 Å². The number of ether oxygens (including phenoxy) is 1. The van der Waals surface area contributed by atoms with E-state index in [1.165, 1.54) is 0 Å². The summed E-state index contributed by atoms with van der Waals surface area (Å²) < 4.78 is 71.7. The topological polar surface area (TPSA) is 38.3 Å². The van der Waals surface area contributed by atoms with Crippen LogP contribution in [0.2, 0.25) is 0 Å². The van der Waals surface area contributed by atoms with Gasteiger partial charge in [0.15, 0.2) is 29.9 Å². The summed E-state index contributed by atoms with van der Waals surface area (Å²) in [5.41, 5.74) is -1.42. The van der Waals surface area contributed by atoms with Gasteiger partial charge in [0.25, 0.3) is 5.91 Å². The molecular formula is C18H10F5NO2. The third-order valence-electron chi connectivity index (χ3n) is 3.58. The number of fused-ring (bicyclic) bond motifs is 1. The van der Waals surface area contributed by atoms with E-state index in [4.69, 9.17) is 4.74 Å². The zero-order valence-corrected chi connectivity index (χ0v) is 13.0. The summed E-state index contributed by atoms with van der Waals surface area (Å²) in [7, 11) is 0. The summed E-state index contributed by atoms with van der Waals surface area (Å²) in [5.74, 6) is -11.6. The summed E-state index contributed by atoms with van der Waals surface area (Å²) in [6.07, 6.45) is 0. The van der Waals surface area contributed by atoms with E-state index in [9.17, 15) is 26.7 Å². The van der Waals surface area contributed by atoms with Gasteiger partial charge in [-0.1, -0.05) is 36.4 Å². The fourth-order valence-corrected chi connectivity index (χ4v) is 2.36. The molecule has 3 aromatic carbocycles. The van der Waals surface area contributed by atoms with Gasteiger partial charge in [0.05, 0.1) is 0 Å². The van der Waals surface area contributed by atoms with Crippen LogP contribution in [0, 0.1) is 29.1 Å². The number of nitrogens with one attached hydrogen (secondary N) is 1. The first-order chi connectivity index (χ1) is 12.4. The number of carbonyl (C=O) groups excluding carboxylic acids is 1. The second-order valence-corrected chi connectivity index (χ2v) is 5.26. The van der Waals surface area contributed by atoms with E-state index >= 15 is 0 Å². The minimum atomic E-state index is -2.30. The Kier molecular flexibility index (Phi) is 4.75. The maximum absolute atomic E-state index is 13.6. The lowest BCUT2D eigenvalue weighted by atomic mass is 10.1. The van der Waals surface area contributed by atoms with Crippen molar-refractivity contribution in [1.82, 2.24) is 0 Å². The molecule has 1 N–H and O–H groups in total. The molecule has 3 rings (SSSR count). The van der Waals surface area contributed by atoms with Crippen LogP contribution in [-0.4, -0.2) is 12.5 Å². The van der Waals surface area contributed by atoms with Gasteiger partial charge in [-0.15, -0.1) is 0 Å². The highest BCUT2D eigenvalue weighted by Crippen LogP contribution is 2.28. The number of halogens is 5.